The Morgan fingerprint density at radius 2 is 2.00 bits per heavy atom. The van der Waals surface area contributed by atoms with Crippen LogP contribution >= 0.6 is 11.3 Å². The fourth-order valence-corrected chi connectivity index (χ4v) is 3.76. The molecule has 0 spiro atoms. The molecule has 4 nitrogen and oxygen atoms in total. The lowest BCUT2D eigenvalue weighted by atomic mass is 10.0. The summed E-state index contributed by atoms with van der Waals surface area (Å²) in [6.45, 7) is 11.0. The molecule has 0 aliphatic carbocycles. The van der Waals surface area contributed by atoms with Crippen molar-refractivity contribution in [2.45, 2.75) is 53.3 Å². The Morgan fingerprint density at radius 3 is 2.65 bits per heavy atom. The number of fused-ring (bicyclic) bond motifs is 1. The van der Waals surface area contributed by atoms with E-state index in [0.29, 0.717) is 13.1 Å². The molecule has 0 unspecified atom stereocenters. The third-order valence-electron chi connectivity index (χ3n) is 3.94. The molecule has 2 aromatic rings. The van der Waals surface area contributed by atoms with Crippen LogP contribution in [0.5, 0.6) is 0 Å². The van der Waals surface area contributed by atoms with Crippen molar-refractivity contribution in [3.05, 3.63) is 39.9 Å². The Hall–Kier alpha value is -1.88. The van der Waals surface area contributed by atoms with Crippen LogP contribution < -0.4 is 0 Å². The lowest BCUT2D eigenvalue weighted by Gasteiger charge is -2.24. The molecule has 1 aliphatic heterocycles. The molecule has 1 aromatic heterocycles. The van der Waals surface area contributed by atoms with Crippen molar-refractivity contribution in [1.29, 1.82) is 0 Å². The van der Waals surface area contributed by atoms with Gasteiger partial charge in [-0.2, -0.15) is 0 Å². The third kappa shape index (κ3) is 3.24. The monoisotopic (exact) mass is 330 g/mol. The van der Waals surface area contributed by atoms with Crippen molar-refractivity contribution < 1.29 is 9.53 Å². The molecule has 0 N–H and O–H groups in total. The number of carbonyl (C=O) groups is 1. The lowest BCUT2D eigenvalue weighted by Crippen LogP contribution is -2.33. The number of aryl methyl sites for hydroxylation is 1. The van der Waals surface area contributed by atoms with Crippen LogP contribution in [0.25, 0.3) is 10.6 Å². The summed E-state index contributed by atoms with van der Waals surface area (Å²) in [6.07, 6.45) is -0.268. The van der Waals surface area contributed by atoms with E-state index in [0.717, 1.165) is 15.6 Å². The second-order valence-corrected chi connectivity index (χ2v) is 8.06. The number of hydrogen-bond acceptors (Lipinski definition) is 4. The minimum Gasteiger partial charge on any atom is -0.444 e. The van der Waals surface area contributed by atoms with Gasteiger partial charge in [-0.1, -0.05) is 18.2 Å². The van der Waals surface area contributed by atoms with Gasteiger partial charge in [-0.3, -0.25) is 4.90 Å². The molecule has 122 valence electrons. The van der Waals surface area contributed by atoms with Crippen molar-refractivity contribution >= 4 is 17.4 Å². The Labute approximate surface area is 141 Å². The summed E-state index contributed by atoms with van der Waals surface area (Å²) in [4.78, 5) is 19.8. The lowest BCUT2D eigenvalue weighted by molar-refractivity contribution is 0.0241. The standard InChI is InChI=1S/C18H22N2O2S/c1-11-7-6-8-13(12(11)2)16-19-14-9-20(10-15(14)23-16)17(21)22-18(3,4)5/h6-8H,9-10H2,1-5H3. The maximum absolute atomic E-state index is 12.2. The minimum absolute atomic E-state index is 0.268. The van der Waals surface area contributed by atoms with Gasteiger partial charge in [0.25, 0.3) is 0 Å². The summed E-state index contributed by atoms with van der Waals surface area (Å²) in [5, 5.41) is 1.04. The van der Waals surface area contributed by atoms with Gasteiger partial charge in [-0.05, 0) is 45.7 Å². The highest BCUT2D eigenvalue weighted by Crippen LogP contribution is 2.36. The molecule has 1 amide bonds. The van der Waals surface area contributed by atoms with Crippen molar-refractivity contribution in [3.63, 3.8) is 0 Å². The van der Waals surface area contributed by atoms with E-state index in [1.54, 1.807) is 16.2 Å². The van der Waals surface area contributed by atoms with Crippen molar-refractivity contribution in [3.8, 4) is 10.6 Å². The largest absolute Gasteiger partial charge is 0.444 e. The molecule has 0 bridgehead atoms. The highest BCUT2D eigenvalue weighted by atomic mass is 32.1. The number of nitrogens with zero attached hydrogens (tertiary/aromatic N) is 2. The zero-order valence-electron chi connectivity index (χ0n) is 14.3. The predicted octanol–water partition coefficient (Wildman–Crippen LogP) is 4.68. The van der Waals surface area contributed by atoms with Gasteiger partial charge in [-0.15, -0.1) is 11.3 Å². The van der Waals surface area contributed by atoms with Crippen LogP contribution in [-0.2, 0) is 17.8 Å². The van der Waals surface area contributed by atoms with Gasteiger partial charge in [0.15, 0.2) is 0 Å². The van der Waals surface area contributed by atoms with Gasteiger partial charge in [0, 0.05) is 10.4 Å². The molecule has 5 heteroatoms. The van der Waals surface area contributed by atoms with E-state index in [1.807, 2.05) is 20.8 Å². The van der Waals surface area contributed by atoms with Gasteiger partial charge < -0.3 is 4.74 Å². The topological polar surface area (TPSA) is 42.4 Å². The molecular weight excluding hydrogens is 308 g/mol. The zero-order chi connectivity index (χ0) is 16.8. The molecule has 1 aliphatic rings. The zero-order valence-corrected chi connectivity index (χ0v) is 15.1. The van der Waals surface area contributed by atoms with Crippen LogP contribution in [0, 0.1) is 13.8 Å². The number of hydrogen-bond donors (Lipinski definition) is 0. The van der Waals surface area contributed by atoms with E-state index < -0.39 is 5.60 Å². The molecule has 0 atom stereocenters. The number of rotatable bonds is 1. The smallest absolute Gasteiger partial charge is 0.410 e. The van der Waals surface area contributed by atoms with Gasteiger partial charge in [0.05, 0.1) is 18.8 Å². The average Bonchev–Trinajstić information content (AvgIpc) is 2.98. The molecule has 3 rings (SSSR count). The van der Waals surface area contributed by atoms with Gasteiger partial charge >= 0.3 is 6.09 Å². The van der Waals surface area contributed by atoms with Crippen LogP contribution in [0.15, 0.2) is 18.2 Å². The molecule has 1 aromatic carbocycles. The fourth-order valence-electron chi connectivity index (χ4n) is 2.59. The maximum Gasteiger partial charge on any atom is 0.410 e. The van der Waals surface area contributed by atoms with E-state index in [9.17, 15) is 4.79 Å². The average molecular weight is 330 g/mol. The van der Waals surface area contributed by atoms with Crippen LogP contribution in [-0.4, -0.2) is 21.6 Å². The highest BCUT2D eigenvalue weighted by molar-refractivity contribution is 7.15. The fraction of sp³-hybridized carbons (Fsp3) is 0.444. The summed E-state index contributed by atoms with van der Waals surface area (Å²) in [5.41, 5.74) is 4.26. The Morgan fingerprint density at radius 1 is 1.26 bits per heavy atom. The number of ether oxygens (including phenoxy) is 1. The first-order chi connectivity index (χ1) is 10.7. The number of benzene rings is 1. The molecule has 0 radical (unpaired) electrons. The summed E-state index contributed by atoms with van der Waals surface area (Å²) >= 11 is 1.68. The minimum atomic E-state index is -0.468. The van der Waals surface area contributed by atoms with Crippen LogP contribution in [0.4, 0.5) is 4.79 Å². The Kier molecular flexibility index (Phi) is 3.92. The quantitative estimate of drug-likeness (QED) is 0.762. The summed E-state index contributed by atoms with van der Waals surface area (Å²) in [6, 6.07) is 6.30. The van der Waals surface area contributed by atoms with Crippen molar-refractivity contribution in [2.75, 3.05) is 0 Å². The normalized spacial score (nSPS) is 14.0. The van der Waals surface area contributed by atoms with Crippen LogP contribution in [0.3, 0.4) is 0 Å². The molecule has 0 fully saturated rings. The number of carbonyl (C=O) groups excluding carboxylic acids is 1. The van der Waals surface area contributed by atoms with Gasteiger partial charge in [-0.25, -0.2) is 9.78 Å². The van der Waals surface area contributed by atoms with Gasteiger partial charge in [0.1, 0.15) is 10.6 Å². The summed E-state index contributed by atoms with van der Waals surface area (Å²) in [5.74, 6) is 0. The molecular formula is C18H22N2O2S. The first-order valence-electron chi connectivity index (χ1n) is 7.78. The Bertz CT molecular complexity index is 735. The second kappa shape index (κ2) is 5.64. The van der Waals surface area contributed by atoms with Crippen molar-refractivity contribution in [1.82, 2.24) is 9.88 Å². The van der Waals surface area contributed by atoms with E-state index in [-0.39, 0.29) is 6.09 Å². The number of amides is 1. The predicted molar refractivity (Wildman–Crippen MR) is 92.5 cm³/mol. The first-order valence-corrected chi connectivity index (χ1v) is 8.59. The van der Waals surface area contributed by atoms with Gasteiger partial charge in [0.2, 0.25) is 0 Å². The van der Waals surface area contributed by atoms with E-state index >= 15 is 0 Å². The summed E-state index contributed by atoms with van der Waals surface area (Å²) < 4.78 is 5.44. The second-order valence-electron chi connectivity index (χ2n) is 6.97. The van der Waals surface area contributed by atoms with E-state index in [4.69, 9.17) is 9.72 Å². The van der Waals surface area contributed by atoms with E-state index in [1.165, 1.54) is 16.7 Å². The Balaban J connectivity index is 1.79. The SMILES string of the molecule is Cc1cccc(-c2nc3c(s2)CN(C(=O)OC(C)(C)C)C3)c1C. The highest BCUT2D eigenvalue weighted by Gasteiger charge is 2.30. The van der Waals surface area contributed by atoms with E-state index in [2.05, 4.69) is 32.0 Å². The molecule has 2 heterocycles. The molecule has 0 saturated heterocycles. The van der Waals surface area contributed by atoms with Crippen molar-refractivity contribution in [2.24, 2.45) is 0 Å². The molecule has 0 saturated carbocycles. The number of aromatic nitrogens is 1. The maximum atomic E-state index is 12.2. The van der Waals surface area contributed by atoms with Crippen LogP contribution in [0.2, 0.25) is 0 Å². The third-order valence-corrected chi connectivity index (χ3v) is 5.06. The summed E-state index contributed by atoms with van der Waals surface area (Å²) in [7, 11) is 0. The number of thiazole rings is 1. The van der Waals surface area contributed by atoms with Crippen LogP contribution in [0.1, 0.15) is 42.5 Å². The molecule has 23 heavy (non-hydrogen) atoms. The first kappa shape index (κ1) is 16.0.